The Bertz CT molecular complexity index is 472. The van der Waals surface area contributed by atoms with Gasteiger partial charge in [-0.05, 0) is 4.98 Å². The highest BCUT2D eigenvalue weighted by molar-refractivity contribution is 5.92. The van der Waals surface area contributed by atoms with Gasteiger partial charge in [-0.25, -0.2) is 9.56 Å². The van der Waals surface area contributed by atoms with E-state index < -0.39 is 0 Å². The fraction of sp³-hybridized carbons (Fsp3) is 0.643. The van der Waals surface area contributed by atoms with Crippen molar-refractivity contribution in [3.63, 3.8) is 0 Å². The Morgan fingerprint density at radius 1 is 1.18 bits per heavy atom. The monoisotopic (exact) mass is 232 g/mol. The first-order valence-electron chi connectivity index (χ1n) is 6.40. The van der Waals surface area contributed by atoms with E-state index in [0.29, 0.717) is 17.8 Å². The number of nitrogens with zero attached hydrogens (tertiary/aromatic N) is 3. The minimum atomic E-state index is 0.382. The van der Waals surface area contributed by atoms with Crippen LogP contribution in [0.2, 0.25) is 0 Å². The van der Waals surface area contributed by atoms with Crippen molar-refractivity contribution in [2.24, 2.45) is 5.92 Å². The minimum Gasteiger partial charge on any atom is -0.233 e. The van der Waals surface area contributed by atoms with E-state index in [1.54, 1.807) is 0 Å². The van der Waals surface area contributed by atoms with Crippen molar-refractivity contribution < 1.29 is 4.58 Å². The van der Waals surface area contributed by atoms with E-state index in [2.05, 4.69) is 51.2 Å². The smallest absolute Gasteiger partial charge is 0.233 e. The van der Waals surface area contributed by atoms with Crippen LogP contribution in [0.15, 0.2) is 6.20 Å². The van der Waals surface area contributed by atoms with Crippen molar-refractivity contribution in [1.29, 1.82) is 0 Å². The lowest BCUT2D eigenvalue weighted by atomic mass is 9.93. The second-order valence-corrected chi connectivity index (χ2v) is 5.52. The molecule has 3 nitrogen and oxygen atoms in total. The number of hydrogen-bond donors (Lipinski definition) is 0. The molecular formula is C14H22N3+. The molecule has 1 aliphatic heterocycles. The van der Waals surface area contributed by atoms with Gasteiger partial charge in [-0.15, -0.1) is 0 Å². The van der Waals surface area contributed by atoms with Gasteiger partial charge >= 0.3 is 5.82 Å². The Morgan fingerprint density at radius 3 is 2.35 bits per heavy atom. The summed E-state index contributed by atoms with van der Waals surface area (Å²) in [6, 6.07) is 0. The first kappa shape index (κ1) is 12.2. The molecule has 0 saturated carbocycles. The zero-order valence-electron chi connectivity index (χ0n) is 11.7. The van der Waals surface area contributed by atoms with Gasteiger partial charge in [0.15, 0.2) is 0 Å². The van der Waals surface area contributed by atoms with E-state index in [0.717, 1.165) is 11.6 Å². The predicted octanol–water partition coefficient (Wildman–Crippen LogP) is 3.09. The minimum absolute atomic E-state index is 0.382. The summed E-state index contributed by atoms with van der Waals surface area (Å²) in [4.78, 5) is 9.19. The summed E-state index contributed by atoms with van der Waals surface area (Å²) < 4.78 is 2.25. The molecule has 0 amide bonds. The maximum atomic E-state index is 4.71. The Balaban J connectivity index is 2.54. The Morgan fingerprint density at radius 2 is 1.82 bits per heavy atom. The average molecular weight is 232 g/mol. The van der Waals surface area contributed by atoms with E-state index in [1.165, 1.54) is 11.3 Å². The second-order valence-electron chi connectivity index (χ2n) is 5.52. The number of hydrogen-bond acceptors (Lipinski definition) is 2. The van der Waals surface area contributed by atoms with Crippen LogP contribution in [-0.4, -0.2) is 27.3 Å². The fourth-order valence-corrected chi connectivity index (χ4v) is 2.71. The molecule has 2 heterocycles. The second kappa shape index (κ2) is 4.21. The lowest BCUT2D eigenvalue weighted by Gasteiger charge is -2.09. The number of fused-ring (bicyclic) bond motifs is 1. The normalized spacial score (nSPS) is 19.4. The van der Waals surface area contributed by atoms with E-state index in [-0.39, 0.29) is 0 Å². The topological polar surface area (TPSA) is 28.8 Å². The van der Waals surface area contributed by atoms with Gasteiger partial charge in [-0.2, -0.15) is 0 Å². The summed E-state index contributed by atoms with van der Waals surface area (Å²) in [7, 11) is 2.12. The highest BCUT2D eigenvalue weighted by Crippen LogP contribution is 2.34. The van der Waals surface area contributed by atoms with Gasteiger partial charge in [0.1, 0.15) is 0 Å². The molecular weight excluding hydrogens is 210 g/mol. The van der Waals surface area contributed by atoms with Crippen molar-refractivity contribution in [3.05, 3.63) is 17.6 Å². The Hall–Kier alpha value is -1.25. The van der Waals surface area contributed by atoms with Gasteiger partial charge in [-0.3, -0.25) is 0 Å². The Kier molecular flexibility index (Phi) is 3.02. The molecule has 2 rings (SSSR count). The quantitative estimate of drug-likeness (QED) is 0.733. The molecule has 0 spiro atoms. The molecule has 1 atom stereocenters. The molecule has 0 aromatic carbocycles. The standard InChI is InChI=1S/C14H22N3/c1-8(2)12-10(5)11-7-15-13(9(3)4)16-14(11)17(12)6/h7-10H,1-6H3/q+1. The first-order chi connectivity index (χ1) is 7.93. The van der Waals surface area contributed by atoms with Crippen LogP contribution in [0.3, 0.4) is 0 Å². The molecule has 1 unspecified atom stereocenters. The van der Waals surface area contributed by atoms with Crippen molar-refractivity contribution in [2.75, 3.05) is 7.05 Å². The molecule has 92 valence electrons. The Labute approximate surface area is 104 Å². The van der Waals surface area contributed by atoms with Gasteiger partial charge in [0.05, 0.1) is 18.3 Å². The molecule has 0 N–H and O–H groups in total. The van der Waals surface area contributed by atoms with Crippen molar-refractivity contribution >= 4 is 11.5 Å². The zero-order chi connectivity index (χ0) is 12.7. The first-order valence-corrected chi connectivity index (χ1v) is 6.40. The van der Waals surface area contributed by atoms with Crippen LogP contribution >= 0.6 is 0 Å². The summed E-state index contributed by atoms with van der Waals surface area (Å²) in [6.07, 6.45) is 2.01. The third-order valence-electron chi connectivity index (χ3n) is 3.54. The van der Waals surface area contributed by atoms with Crippen LogP contribution in [0.25, 0.3) is 0 Å². The number of rotatable bonds is 2. The lowest BCUT2D eigenvalue weighted by Crippen LogP contribution is -2.18. The van der Waals surface area contributed by atoms with Gasteiger partial charge in [0.25, 0.3) is 0 Å². The largest absolute Gasteiger partial charge is 0.330 e. The number of aromatic nitrogens is 2. The van der Waals surface area contributed by atoms with E-state index >= 15 is 0 Å². The maximum Gasteiger partial charge on any atom is 0.330 e. The van der Waals surface area contributed by atoms with Crippen molar-refractivity contribution in [1.82, 2.24) is 9.97 Å². The van der Waals surface area contributed by atoms with Gasteiger partial charge in [0, 0.05) is 24.0 Å². The van der Waals surface area contributed by atoms with Crippen LogP contribution in [0, 0.1) is 5.92 Å². The van der Waals surface area contributed by atoms with E-state index in [9.17, 15) is 0 Å². The van der Waals surface area contributed by atoms with Crippen LogP contribution < -0.4 is 0 Å². The fourth-order valence-electron chi connectivity index (χ4n) is 2.71. The van der Waals surface area contributed by atoms with E-state index in [1.807, 2.05) is 6.20 Å². The highest BCUT2D eigenvalue weighted by Gasteiger charge is 2.36. The van der Waals surface area contributed by atoms with Gasteiger partial charge in [-0.1, -0.05) is 34.6 Å². The predicted molar refractivity (Wildman–Crippen MR) is 70.2 cm³/mol. The van der Waals surface area contributed by atoms with Crippen LogP contribution in [0.4, 0.5) is 5.82 Å². The molecule has 0 radical (unpaired) electrons. The highest BCUT2D eigenvalue weighted by atomic mass is 15.1. The molecule has 1 aromatic rings. The molecule has 1 aliphatic rings. The zero-order valence-corrected chi connectivity index (χ0v) is 11.7. The molecule has 3 heteroatoms. The van der Waals surface area contributed by atoms with Crippen LogP contribution in [0.1, 0.15) is 57.8 Å². The summed E-state index contributed by atoms with van der Waals surface area (Å²) in [5.74, 6) is 3.41. The summed E-state index contributed by atoms with van der Waals surface area (Å²) in [6.45, 7) is 11.0. The molecule has 0 aliphatic carbocycles. The molecule has 0 fully saturated rings. The lowest BCUT2D eigenvalue weighted by molar-refractivity contribution is -0.409. The maximum absolute atomic E-state index is 4.71. The van der Waals surface area contributed by atoms with Crippen molar-refractivity contribution in [3.8, 4) is 0 Å². The molecule has 0 bridgehead atoms. The summed E-state index contributed by atoms with van der Waals surface area (Å²) >= 11 is 0. The average Bonchev–Trinajstić information content (AvgIpc) is 2.51. The molecule has 17 heavy (non-hydrogen) atoms. The third-order valence-corrected chi connectivity index (χ3v) is 3.54. The van der Waals surface area contributed by atoms with E-state index in [4.69, 9.17) is 4.98 Å². The summed E-state index contributed by atoms with van der Waals surface area (Å²) in [5, 5.41) is 0. The van der Waals surface area contributed by atoms with Crippen LogP contribution in [-0.2, 0) is 0 Å². The summed E-state index contributed by atoms with van der Waals surface area (Å²) in [5.41, 5.74) is 2.70. The van der Waals surface area contributed by atoms with Crippen molar-refractivity contribution in [2.45, 2.75) is 46.5 Å². The van der Waals surface area contributed by atoms with Gasteiger partial charge < -0.3 is 0 Å². The SMILES string of the molecule is CC(C)C1=[N+](C)c2nc(C(C)C)ncc2C1C. The molecule has 0 saturated heterocycles. The molecule has 1 aromatic heterocycles. The van der Waals surface area contributed by atoms with Gasteiger partial charge in [0.2, 0.25) is 5.82 Å². The van der Waals surface area contributed by atoms with Crippen LogP contribution in [0.5, 0.6) is 0 Å². The third kappa shape index (κ3) is 1.88.